The van der Waals surface area contributed by atoms with Gasteiger partial charge in [0.15, 0.2) is 0 Å². The molecule has 81 valence electrons. The third kappa shape index (κ3) is 3.84. The van der Waals surface area contributed by atoms with Crippen LogP contribution in [0.15, 0.2) is 30.3 Å². The molecule has 0 saturated carbocycles. The summed E-state index contributed by atoms with van der Waals surface area (Å²) in [7, 11) is -3.61. The molecule has 0 aliphatic carbocycles. The summed E-state index contributed by atoms with van der Waals surface area (Å²) >= 11 is 0. The number of carbonyl (C=O) groups is 1. The SMILES string of the molecule is O=C1NS(=O)(=O)NC1Cc1ccccc1.[Cs]. The summed E-state index contributed by atoms with van der Waals surface area (Å²) in [6.45, 7) is 0. The summed E-state index contributed by atoms with van der Waals surface area (Å²) in [6, 6.07) is 8.55. The van der Waals surface area contributed by atoms with Gasteiger partial charge in [0.05, 0.1) is 0 Å². The van der Waals surface area contributed by atoms with Gasteiger partial charge in [-0.05, 0) is 12.0 Å². The van der Waals surface area contributed by atoms with Crippen molar-refractivity contribution in [2.24, 2.45) is 0 Å². The topological polar surface area (TPSA) is 75.3 Å². The first-order chi connectivity index (χ1) is 7.07. The second-order valence-corrected chi connectivity index (χ2v) is 4.78. The van der Waals surface area contributed by atoms with Crippen LogP contribution in [0.2, 0.25) is 0 Å². The van der Waals surface area contributed by atoms with Crippen molar-refractivity contribution in [2.75, 3.05) is 0 Å². The van der Waals surface area contributed by atoms with Crippen LogP contribution >= 0.6 is 0 Å². The van der Waals surface area contributed by atoms with E-state index in [0.29, 0.717) is 6.42 Å². The number of nitrogens with one attached hydrogen (secondary N) is 2. The van der Waals surface area contributed by atoms with Crippen molar-refractivity contribution in [1.82, 2.24) is 9.44 Å². The van der Waals surface area contributed by atoms with E-state index >= 15 is 0 Å². The van der Waals surface area contributed by atoms with Crippen LogP contribution in [-0.4, -0.2) is 89.3 Å². The van der Waals surface area contributed by atoms with Crippen molar-refractivity contribution in [1.29, 1.82) is 0 Å². The summed E-state index contributed by atoms with van der Waals surface area (Å²) in [6.07, 6.45) is 0.367. The van der Waals surface area contributed by atoms with E-state index in [4.69, 9.17) is 0 Å². The van der Waals surface area contributed by atoms with Crippen LogP contribution in [0.5, 0.6) is 0 Å². The van der Waals surface area contributed by atoms with Crippen molar-refractivity contribution < 1.29 is 13.2 Å². The van der Waals surface area contributed by atoms with Crippen molar-refractivity contribution in [3.8, 4) is 0 Å². The van der Waals surface area contributed by atoms with Crippen LogP contribution in [0.25, 0.3) is 0 Å². The fourth-order valence-corrected chi connectivity index (χ4v) is 2.49. The zero-order chi connectivity index (χ0) is 10.9. The van der Waals surface area contributed by atoms with Crippen molar-refractivity contribution in [3.63, 3.8) is 0 Å². The normalized spacial score (nSPS) is 22.2. The Morgan fingerprint density at radius 1 is 1.19 bits per heavy atom. The van der Waals surface area contributed by atoms with Crippen LogP contribution in [0.3, 0.4) is 0 Å². The standard InChI is InChI=1S/C9H10N2O3S.Cs/c12-9-8(10-15(13,14)11-9)6-7-4-2-1-3-5-7;/h1-5,8,10H,6H2,(H,11,12);. The smallest absolute Gasteiger partial charge is 0.272 e. The summed E-state index contributed by atoms with van der Waals surface area (Å²) in [5.41, 5.74) is 0.919. The number of rotatable bonds is 2. The van der Waals surface area contributed by atoms with E-state index in [1.54, 1.807) is 0 Å². The second kappa shape index (κ2) is 6.01. The van der Waals surface area contributed by atoms with Crippen LogP contribution < -0.4 is 9.44 Å². The third-order valence-corrected chi connectivity index (χ3v) is 3.20. The molecule has 2 N–H and O–H groups in total. The Hall–Kier alpha value is 0.652. The molecular formula is C9H10CsN2O3S. The molecule has 1 atom stereocenters. The Kier molecular flexibility index (Phi) is 5.52. The van der Waals surface area contributed by atoms with Crippen molar-refractivity contribution in [3.05, 3.63) is 35.9 Å². The summed E-state index contributed by atoms with van der Waals surface area (Å²) in [5, 5.41) is 0. The van der Waals surface area contributed by atoms with Crippen LogP contribution in [-0.2, 0) is 21.4 Å². The number of amides is 1. The molecule has 1 saturated heterocycles. The molecule has 16 heavy (non-hydrogen) atoms. The fraction of sp³-hybridized carbons (Fsp3) is 0.222. The van der Waals surface area contributed by atoms with Gasteiger partial charge in [-0.15, -0.1) is 0 Å². The van der Waals surface area contributed by atoms with Gasteiger partial charge in [0, 0.05) is 68.9 Å². The molecular weight excluding hydrogens is 349 g/mol. The Morgan fingerprint density at radius 2 is 1.81 bits per heavy atom. The van der Waals surface area contributed by atoms with E-state index in [1.807, 2.05) is 35.1 Å². The maximum absolute atomic E-state index is 11.2. The minimum Gasteiger partial charge on any atom is -0.272 e. The summed E-state index contributed by atoms with van der Waals surface area (Å²) in [5.74, 6) is -0.501. The minimum atomic E-state index is -3.61. The Balaban J connectivity index is 0.00000128. The second-order valence-electron chi connectivity index (χ2n) is 3.33. The summed E-state index contributed by atoms with van der Waals surface area (Å²) < 4.78 is 26.1. The van der Waals surface area contributed by atoms with Crippen molar-refractivity contribution >= 4 is 85.0 Å². The molecule has 0 bridgehead atoms. The molecule has 7 heteroatoms. The van der Waals surface area contributed by atoms with E-state index < -0.39 is 22.2 Å². The van der Waals surface area contributed by atoms with Gasteiger partial charge in [0.1, 0.15) is 6.04 Å². The molecule has 1 aliphatic rings. The van der Waals surface area contributed by atoms with Gasteiger partial charge >= 0.3 is 10.2 Å². The van der Waals surface area contributed by atoms with Gasteiger partial charge < -0.3 is 0 Å². The Morgan fingerprint density at radius 3 is 2.31 bits per heavy atom. The average molecular weight is 359 g/mol. The quantitative estimate of drug-likeness (QED) is 0.725. The molecule has 1 aliphatic heterocycles. The van der Waals surface area contributed by atoms with Gasteiger partial charge in [0.25, 0.3) is 5.91 Å². The molecule has 1 fully saturated rings. The Bertz CT molecular complexity index is 475. The first kappa shape index (κ1) is 14.7. The monoisotopic (exact) mass is 359 g/mol. The third-order valence-electron chi connectivity index (χ3n) is 2.13. The molecule has 1 radical (unpaired) electrons. The zero-order valence-electron chi connectivity index (χ0n) is 8.80. The molecule has 2 rings (SSSR count). The first-order valence-electron chi connectivity index (χ1n) is 4.45. The largest absolute Gasteiger partial charge is 0.302 e. The van der Waals surface area contributed by atoms with Gasteiger partial charge in [-0.3, -0.25) is 4.79 Å². The molecule has 1 aromatic rings. The van der Waals surface area contributed by atoms with Crippen LogP contribution in [0, 0.1) is 0 Å². The molecule has 5 nitrogen and oxygen atoms in total. The molecule has 0 aromatic heterocycles. The minimum absolute atomic E-state index is 0. The van der Waals surface area contributed by atoms with E-state index in [1.165, 1.54) is 0 Å². The van der Waals surface area contributed by atoms with Gasteiger partial charge in [-0.25, -0.2) is 4.72 Å². The van der Waals surface area contributed by atoms with Crippen molar-refractivity contribution in [2.45, 2.75) is 12.5 Å². The van der Waals surface area contributed by atoms with E-state index in [2.05, 4.69) is 4.72 Å². The predicted octanol–water partition coefficient (Wildman–Crippen LogP) is -0.819. The van der Waals surface area contributed by atoms with Crippen LogP contribution in [0.4, 0.5) is 0 Å². The molecule has 1 heterocycles. The molecule has 1 amide bonds. The van der Waals surface area contributed by atoms with E-state index in [0.717, 1.165) is 5.56 Å². The fourth-order valence-electron chi connectivity index (χ4n) is 1.46. The number of benzene rings is 1. The average Bonchev–Trinajstić information content (AvgIpc) is 2.41. The number of hydrogen-bond acceptors (Lipinski definition) is 3. The van der Waals surface area contributed by atoms with Gasteiger partial charge in [-0.1, -0.05) is 30.3 Å². The van der Waals surface area contributed by atoms with Gasteiger partial charge in [0.2, 0.25) is 0 Å². The Labute approximate surface area is 153 Å². The first-order valence-corrected chi connectivity index (χ1v) is 5.93. The van der Waals surface area contributed by atoms with E-state index in [9.17, 15) is 13.2 Å². The maximum atomic E-state index is 11.2. The number of hydrogen-bond donors (Lipinski definition) is 2. The molecule has 1 aromatic carbocycles. The number of carbonyl (C=O) groups excluding carboxylic acids is 1. The van der Waals surface area contributed by atoms with Gasteiger partial charge in [-0.2, -0.15) is 13.1 Å². The molecule has 1 unspecified atom stereocenters. The maximum Gasteiger partial charge on any atom is 0.302 e. The summed E-state index contributed by atoms with van der Waals surface area (Å²) in [4.78, 5) is 11.2. The predicted molar refractivity (Wildman–Crippen MR) is 59.9 cm³/mol. The zero-order valence-corrected chi connectivity index (χ0v) is 15.9. The van der Waals surface area contributed by atoms with E-state index in [-0.39, 0.29) is 68.9 Å². The molecule has 0 spiro atoms. The van der Waals surface area contributed by atoms with Crippen LogP contribution in [0.1, 0.15) is 5.56 Å².